The second kappa shape index (κ2) is 9.06. The van der Waals surface area contributed by atoms with Crippen LogP contribution in [0.25, 0.3) is 0 Å². The molecule has 0 aromatic heterocycles. The van der Waals surface area contributed by atoms with Crippen molar-refractivity contribution in [2.75, 3.05) is 11.9 Å². The molecule has 174 valence electrons. The monoisotopic (exact) mass is 457 g/mol. The van der Waals surface area contributed by atoms with Crippen LogP contribution in [0.3, 0.4) is 0 Å². The zero-order chi connectivity index (χ0) is 24.5. The molecule has 0 saturated heterocycles. The third-order valence-corrected chi connectivity index (χ3v) is 6.00. The number of ketones is 1. The van der Waals surface area contributed by atoms with Gasteiger partial charge < -0.3 is 20.5 Å². The van der Waals surface area contributed by atoms with E-state index in [1.165, 1.54) is 0 Å². The first-order valence-corrected chi connectivity index (χ1v) is 11.1. The highest BCUT2D eigenvalue weighted by Gasteiger charge is 2.43. The predicted molar refractivity (Wildman–Crippen MR) is 127 cm³/mol. The number of rotatable bonds is 5. The van der Waals surface area contributed by atoms with E-state index in [2.05, 4.69) is 11.4 Å². The molecule has 0 bridgehead atoms. The summed E-state index contributed by atoms with van der Waals surface area (Å²) in [7, 11) is 0. The fraction of sp³-hybridized carbons (Fsp3) is 0.296. The van der Waals surface area contributed by atoms with Gasteiger partial charge in [-0.2, -0.15) is 5.26 Å². The molecular weight excluding hydrogens is 430 g/mol. The highest BCUT2D eigenvalue weighted by Crippen LogP contribution is 2.49. The maximum atomic E-state index is 13.2. The number of nitriles is 1. The summed E-state index contributed by atoms with van der Waals surface area (Å²) in [6, 6.07) is 16.6. The van der Waals surface area contributed by atoms with E-state index in [4.69, 9.17) is 15.2 Å². The number of amides is 1. The van der Waals surface area contributed by atoms with Crippen molar-refractivity contribution in [1.82, 2.24) is 0 Å². The Labute approximate surface area is 198 Å². The van der Waals surface area contributed by atoms with E-state index in [0.29, 0.717) is 41.2 Å². The van der Waals surface area contributed by atoms with Gasteiger partial charge in [0.1, 0.15) is 23.2 Å². The van der Waals surface area contributed by atoms with Crippen LogP contribution in [0, 0.1) is 23.7 Å². The predicted octanol–water partition coefficient (Wildman–Crippen LogP) is 4.46. The molecule has 0 saturated carbocycles. The van der Waals surface area contributed by atoms with Crippen LogP contribution >= 0.6 is 0 Å². The van der Waals surface area contributed by atoms with Crippen molar-refractivity contribution in [1.29, 1.82) is 5.26 Å². The molecule has 7 heteroatoms. The van der Waals surface area contributed by atoms with E-state index in [9.17, 15) is 14.9 Å². The molecule has 34 heavy (non-hydrogen) atoms. The minimum atomic E-state index is -0.714. The van der Waals surface area contributed by atoms with Gasteiger partial charge in [-0.3, -0.25) is 9.59 Å². The van der Waals surface area contributed by atoms with Gasteiger partial charge in [0.15, 0.2) is 12.4 Å². The molecule has 0 fully saturated rings. The first kappa shape index (κ1) is 23.1. The standard InChI is InChI=1S/C27H27N3O4/c1-16-8-10-17(11-9-16)30-23(32)15-33-21-7-5-4-6-18(21)24-19(14-28)26(29)34-22-13-27(2,3)12-20(31)25(22)24/h4-11,24H,12-13,15,29H2,1-3H3,(H,30,32). The van der Waals surface area contributed by atoms with Crippen LogP contribution in [0.5, 0.6) is 5.75 Å². The average Bonchev–Trinajstić information content (AvgIpc) is 2.77. The second-order valence-electron chi connectivity index (χ2n) is 9.44. The van der Waals surface area contributed by atoms with Crippen LogP contribution in [0.4, 0.5) is 5.69 Å². The summed E-state index contributed by atoms with van der Waals surface area (Å²) in [4.78, 5) is 25.7. The number of anilines is 1. The zero-order valence-corrected chi connectivity index (χ0v) is 19.5. The second-order valence-corrected chi connectivity index (χ2v) is 9.44. The summed E-state index contributed by atoms with van der Waals surface area (Å²) in [5.74, 6) is -0.231. The van der Waals surface area contributed by atoms with E-state index in [1.807, 2.05) is 45.0 Å². The quantitative estimate of drug-likeness (QED) is 0.685. The number of nitrogens with one attached hydrogen (secondary N) is 1. The van der Waals surface area contributed by atoms with Gasteiger partial charge in [-0.15, -0.1) is 0 Å². The number of carbonyl (C=O) groups is 2. The van der Waals surface area contributed by atoms with Crippen LogP contribution in [0.2, 0.25) is 0 Å². The summed E-state index contributed by atoms with van der Waals surface area (Å²) in [5.41, 5.74) is 8.79. The number of Topliss-reactive ketones (excluding diaryl/α,β-unsaturated/α-hetero) is 1. The first-order valence-electron chi connectivity index (χ1n) is 11.1. The molecule has 1 atom stereocenters. The fourth-order valence-corrected chi connectivity index (χ4v) is 4.42. The Bertz CT molecular complexity index is 1250. The van der Waals surface area contributed by atoms with Crippen LogP contribution in [-0.4, -0.2) is 18.3 Å². The highest BCUT2D eigenvalue weighted by atomic mass is 16.5. The molecule has 3 N–H and O–H groups in total. The normalized spacial score (nSPS) is 19.1. The minimum absolute atomic E-state index is 0.0105. The number of ether oxygens (including phenoxy) is 2. The number of aryl methyl sites for hydroxylation is 1. The van der Waals surface area contributed by atoms with Gasteiger partial charge in [-0.05, 0) is 30.5 Å². The van der Waals surface area contributed by atoms with Gasteiger partial charge >= 0.3 is 0 Å². The van der Waals surface area contributed by atoms with E-state index in [0.717, 1.165) is 5.56 Å². The lowest BCUT2D eigenvalue weighted by Crippen LogP contribution is -2.33. The summed E-state index contributed by atoms with van der Waals surface area (Å²) >= 11 is 0. The van der Waals surface area contributed by atoms with E-state index >= 15 is 0 Å². The Morgan fingerprint density at radius 1 is 1.21 bits per heavy atom. The molecule has 0 spiro atoms. The Morgan fingerprint density at radius 3 is 2.62 bits per heavy atom. The number of nitrogens with zero attached hydrogens (tertiary/aromatic N) is 1. The van der Waals surface area contributed by atoms with Crippen molar-refractivity contribution < 1.29 is 19.1 Å². The number of benzene rings is 2. The van der Waals surface area contributed by atoms with Crippen molar-refractivity contribution >= 4 is 17.4 Å². The lowest BCUT2D eigenvalue weighted by molar-refractivity contribution is -0.119. The molecule has 1 aliphatic heterocycles. The Hall–Kier alpha value is -4.05. The van der Waals surface area contributed by atoms with Gasteiger partial charge in [0.05, 0.1) is 5.92 Å². The molecule has 0 radical (unpaired) electrons. The SMILES string of the molecule is Cc1ccc(NC(=O)COc2ccccc2C2C(C#N)=C(N)OC3=C2C(=O)CC(C)(C)C3)cc1. The number of para-hydroxylation sites is 1. The van der Waals surface area contributed by atoms with Gasteiger partial charge in [-0.25, -0.2) is 0 Å². The van der Waals surface area contributed by atoms with Crippen molar-refractivity contribution in [2.45, 2.75) is 39.5 Å². The fourth-order valence-electron chi connectivity index (χ4n) is 4.42. The average molecular weight is 458 g/mol. The molecule has 2 aromatic rings. The molecule has 1 unspecified atom stereocenters. The Morgan fingerprint density at radius 2 is 1.91 bits per heavy atom. The van der Waals surface area contributed by atoms with Crippen molar-refractivity contribution in [3.63, 3.8) is 0 Å². The van der Waals surface area contributed by atoms with Gasteiger partial charge in [0.25, 0.3) is 5.91 Å². The number of hydrogen-bond donors (Lipinski definition) is 2. The van der Waals surface area contributed by atoms with Crippen molar-refractivity contribution in [3.8, 4) is 11.8 Å². The third-order valence-electron chi connectivity index (χ3n) is 6.00. The number of carbonyl (C=O) groups excluding carboxylic acids is 2. The molecule has 1 aliphatic carbocycles. The molecular formula is C27H27N3O4. The number of nitrogens with two attached hydrogens (primary N) is 1. The third kappa shape index (κ3) is 4.67. The summed E-state index contributed by atoms with van der Waals surface area (Å²) < 4.78 is 11.6. The molecule has 1 heterocycles. The number of allylic oxidation sites excluding steroid dienone is 3. The van der Waals surface area contributed by atoms with Crippen molar-refractivity contribution in [3.05, 3.63) is 82.4 Å². The zero-order valence-electron chi connectivity index (χ0n) is 19.5. The van der Waals surface area contributed by atoms with Crippen molar-refractivity contribution in [2.24, 2.45) is 11.1 Å². The molecule has 1 amide bonds. The number of hydrogen-bond acceptors (Lipinski definition) is 6. The maximum absolute atomic E-state index is 13.2. The lowest BCUT2D eigenvalue weighted by atomic mass is 9.70. The topological polar surface area (TPSA) is 114 Å². The minimum Gasteiger partial charge on any atom is -0.483 e. The Balaban J connectivity index is 1.63. The van der Waals surface area contributed by atoms with Crippen LogP contribution in [0.15, 0.2) is 71.3 Å². The van der Waals surface area contributed by atoms with Crippen LogP contribution in [-0.2, 0) is 14.3 Å². The molecule has 2 aliphatic rings. The largest absolute Gasteiger partial charge is 0.483 e. The molecule has 7 nitrogen and oxygen atoms in total. The lowest BCUT2D eigenvalue weighted by Gasteiger charge is -2.37. The van der Waals surface area contributed by atoms with Crippen LogP contribution in [0.1, 0.15) is 43.7 Å². The maximum Gasteiger partial charge on any atom is 0.262 e. The van der Waals surface area contributed by atoms with E-state index in [-0.39, 0.29) is 35.2 Å². The first-order chi connectivity index (χ1) is 16.2. The van der Waals surface area contributed by atoms with Gasteiger partial charge in [-0.1, -0.05) is 49.7 Å². The van der Waals surface area contributed by atoms with Crippen LogP contribution < -0.4 is 15.8 Å². The summed E-state index contributed by atoms with van der Waals surface area (Å²) in [6.07, 6.45) is 0.873. The van der Waals surface area contributed by atoms with Gasteiger partial charge in [0, 0.05) is 29.7 Å². The highest BCUT2D eigenvalue weighted by molar-refractivity contribution is 6.00. The Kier molecular flexibility index (Phi) is 6.16. The summed E-state index contributed by atoms with van der Waals surface area (Å²) in [6.45, 7) is 5.73. The van der Waals surface area contributed by atoms with E-state index in [1.54, 1.807) is 24.3 Å². The molecule has 2 aromatic carbocycles. The van der Waals surface area contributed by atoms with E-state index < -0.39 is 5.92 Å². The van der Waals surface area contributed by atoms with Gasteiger partial charge in [0.2, 0.25) is 5.88 Å². The smallest absolute Gasteiger partial charge is 0.262 e. The summed E-state index contributed by atoms with van der Waals surface area (Å²) in [5, 5.41) is 12.7. The molecule has 4 rings (SSSR count).